The van der Waals surface area contributed by atoms with E-state index in [1.165, 1.54) is 32.7 Å². The summed E-state index contributed by atoms with van der Waals surface area (Å²) in [4.78, 5) is 4.91. The normalized spacial score (nSPS) is 23.3. The first kappa shape index (κ1) is 11.0. The summed E-state index contributed by atoms with van der Waals surface area (Å²) in [6, 6.07) is 0.402. The van der Waals surface area contributed by atoms with Crippen molar-refractivity contribution < 1.29 is 0 Å². The number of hydrogen-bond acceptors (Lipinski definition) is 3. The van der Waals surface area contributed by atoms with Crippen molar-refractivity contribution in [2.24, 2.45) is 5.73 Å². The Morgan fingerprint density at radius 3 is 2.38 bits per heavy atom. The Morgan fingerprint density at radius 1 is 1.23 bits per heavy atom. The van der Waals surface area contributed by atoms with Crippen LogP contribution in [-0.2, 0) is 0 Å². The highest BCUT2D eigenvalue weighted by molar-refractivity contribution is 4.71. The molecule has 1 aliphatic rings. The Labute approximate surface area is 81.9 Å². The van der Waals surface area contributed by atoms with Crippen molar-refractivity contribution in [3.05, 3.63) is 0 Å². The molecule has 1 saturated heterocycles. The van der Waals surface area contributed by atoms with Gasteiger partial charge in [0.1, 0.15) is 0 Å². The van der Waals surface area contributed by atoms with Gasteiger partial charge in [-0.2, -0.15) is 0 Å². The minimum absolute atomic E-state index is 0.402. The SMILES string of the molecule is CCC(N)CCN1CCN(C)CC1. The van der Waals surface area contributed by atoms with Gasteiger partial charge < -0.3 is 15.5 Å². The summed E-state index contributed by atoms with van der Waals surface area (Å²) in [5.41, 5.74) is 5.88. The van der Waals surface area contributed by atoms with Crippen LogP contribution < -0.4 is 5.73 Å². The van der Waals surface area contributed by atoms with E-state index in [-0.39, 0.29) is 0 Å². The smallest absolute Gasteiger partial charge is 0.0110 e. The first-order chi connectivity index (χ1) is 6.22. The molecule has 0 radical (unpaired) electrons. The molecular weight excluding hydrogens is 162 g/mol. The fourth-order valence-electron chi connectivity index (χ4n) is 1.62. The van der Waals surface area contributed by atoms with E-state index in [0.29, 0.717) is 6.04 Å². The topological polar surface area (TPSA) is 32.5 Å². The van der Waals surface area contributed by atoms with Gasteiger partial charge in [-0.25, -0.2) is 0 Å². The van der Waals surface area contributed by atoms with Crippen LogP contribution in [0.3, 0.4) is 0 Å². The van der Waals surface area contributed by atoms with E-state index in [1.807, 2.05) is 0 Å². The van der Waals surface area contributed by atoms with Gasteiger partial charge in [0.15, 0.2) is 0 Å². The summed E-state index contributed by atoms with van der Waals surface area (Å²) < 4.78 is 0. The highest BCUT2D eigenvalue weighted by atomic mass is 15.2. The molecule has 0 aromatic heterocycles. The Morgan fingerprint density at radius 2 is 1.85 bits per heavy atom. The molecule has 13 heavy (non-hydrogen) atoms. The summed E-state index contributed by atoms with van der Waals surface area (Å²) in [7, 11) is 2.19. The summed E-state index contributed by atoms with van der Waals surface area (Å²) in [5, 5.41) is 0. The average molecular weight is 185 g/mol. The van der Waals surface area contributed by atoms with Crippen LogP contribution in [0.5, 0.6) is 0 Å². The van der Waals surface area contributed by atoms with Crippen molar-refractivity contribution in [2.75, 3.05) is 39.8 Å². The lowest BCUT2D eigenvalue weighted by Crippen LogP contribution is -2.45. The maximum Gasteiger partial charge on any atom is 0.0110 e. The molecule has 0 amide bonds. The summed E-state index contributed by atoms with van der Waals surface area (Å²) in [6.45, 7) is 8.19. The van der Waals surface area contributed by atoms with Crippen LogP contribution in [0.2, 0.25) is 0 Å². The van der Waals surface area contributed by atoms with Crippen LogP contribution >= 0.6 is 0 Å². The maximum absolute atomic E-state index is 5.88. The number of piperazine rings is 1. The molecule has 2 N–H and O–H groups in total. The molecule has 3 heteroatoms. The van der Waals surface area contributed by atoms with Crippen LogP contribution in [0.25, 0.3) is 0 Å². The standard InChI is InChI=1S/C10H23N3/c1-3-10(11)4-5-13-8-6-12(2)7-9-13/h10H,3-9,11H2,1-2H3. The van der Waals surface area contributed by atoms with Crippen molar-refractivity contribution in [3.8, 4) is 0 Å². The Kier molecular flexibility index (Phi) is 4.70. The minimum Gasteiger partial charge on any atom is -0.328 e. The summed E-state index contributed by atoms with van der Waals surface area (Å²) in [5.74, 6) is 0. The Balaban J connectivity index is 2.08. The second-order valence-electron chi connectivity index (χ2n) is 4.10. The van der Waals surface area contributed by atoms with Crippen molar-refractivity contribution in [2.45, 2.75) is 25.8 Å². The van der Waals surface area contributed by atoms with Crippen molar-refractivity contribution in [1.29, 1.82) is 0 Å². The van der Waals surface area contributed by atoms with E-state index >= 15 is 0 Å². The molecule has 1 rings (SSSR count). The number of likely N-dealkylation sites (N-methyl/N-ethyl adjacent to an activating group) is 1. The molecule has 0 aromatic carbocycles. The quantitative estimate of drug-likeness (QED) is 0.686. The van der Waals surface area contributed by atoms with Gasteiger partial charge in [-0.3, -0.25) is 0 Å². The predicted octanol–water partition coefficient (Wildman–Crippen LogP) is 0.361. The van der Waals surface area contributed by atoms with E-state index < -0.39 is 0 Å². The van der Waals surface area contributed by atoms with Crippen LogP contribution in [-0.4, -0.2) is 55.6 Å². The van der Waals surface area contributed by atoms with Crippen LogP contribution in [0.4, 0.5) is 0 Å². The lowest BCUT2D eigenvalue weighted by Gasteiger charge is -2.32. The van der Waals surface area contributed by atoms with Crippen LogP contribution in [0, 0.1) is 0 Å². The molecule has 3 nitrogen and oxygen atoms in total. The number of nitrogens with two attached hydrogens (primary N) is 1. The molecule has 1 unspecified atom stereocenters. The van der Waals surface area contributed by atoms with E-state index in [2.05, 4.69) is 23.8 Å². The van der Waals surface area contributed by atoms with Gasteiger partial charge in [-0.05, 0) is 26.4 Å². The highest BCUT2D eigenvalue weighted by Crippen LogP contribution is 2.02. The van der Waals surface area contributed by atoms with E-state index in [0.717, 1.165) is 12.8 Å². The van der Waals surface area contributed by atoms with Crippen molar-refractivity contribution >= 4 is 0 Å². The largest absolute Gasteiger partial charge is 0.328 e. The zero-order valence-corrected chi connectivity index (χ0v) is 9.00. The molecule has 1 heterocycles. The first-order valence-corrected chi connectivity index (χ1v) is 5.39. The molecule has 0 bridgehead atoms. The van der Waals surface area contributed by atoms with Crippen molar-refractivity contribution in [1.82, 2.24) is 9.80 Å². The van der Waals surface area contributed by atoms with E-state index in [4.69, 9.17) is 5.73 Å². The lowest BCUT2D eigenvalue weighted by atomic mass is 10.1. The average Bonchev–Trinajstić information content (AvgIpc) is 2.16. The Bertz CT molecular complexity index is 130. The van der Waals surface area contributed by atoms with Crippen molar-refractivity contribution in [3.63, 3.8) is 0 Å². The number of hydrogen-bond donors (Lipinski definition) is 1. The molecule has 78 valence electrons. The third-order valence-corrected chi connectivity index (χ3v) is 2.94. The number of rotatable bonds is 4. The van der Waals surface area contributed by atoms with Gasteiger partial charge in [-0.15, -0.1) is 0 Å². The van der Waals surface area contributed by atoms with Gasteiger partial charge in [0, 0.05) is 32.2 Å². The lowest BCUT2D eigenvalue weighted by molar-refractivity contribution is 0.150. The first-order valence-electron chi connectivity index (χ1n) is 5.39. The summed E-state index contributed by atoms with van der Waals surface area (Å²) in [6.07, 6.45) is 2.26. The van der Waals surface area contributed by atoms with Crippen LogP contribution in [0.15, 0.2) is 0 Å². The second-order valence-corrected chi connectivity index (χ2v) is 4.10. The molecule has 1 aliphatic heterocycles. The summed E-state index contributed by atoms with van der Waals surface area (Å²) >= 11 is 0. The molecule has 1 fully saturated rings. The Hall–Kier alpha value is -0.120. The van der Waals surface area contributed by atoms with Gasteiger partial charge >= 0.3 is 0 Å². The third kappa shape index (κ3) is 4.07. The van der Waals surface area contributed by atoms with E-state index in [9.17, 15) is 0 Å². The van der Waals surface area contributed by atoms with E-state index in [1.54, 1.807) is 0 Å². The van der Waals surface area contributed by atoms with Crippen LogP contribution in [0.1, 0.15) is 19.8 Å². The fourth-order valence-corrected chi connectivity index (χ4v) is 1.62. The molecule has 0 spiro atoms. The zero-order valence-electron chi connectivity index (χ0n) is 9.00. The third-order valence-electron chi connectivity index (χ3n) is 2.94. The molecule has 0 aromatic rings. The minimum atomic E-state index is 0.402. The zero-order chi connectivity index (χ0) is 9.68. The van der Waals surface area contributed by atoms with Gasteiger partial charge in [-0.1, -0.05) is 6.92 Å². The molecule has 0 saturated carbocycles. The van der Waals surface area contributed by atoms with Gasteiger partial charge in [0.2, 0.25) is 0 Å². The molecule has 0 aliphatic carbocycles. The molecular formula is C10H23N3. The fraction of sp³-hybridized carbons (Fsp3) is 1.00. The monoisotopic (exact) mass is 185 g/mol. The highest BCUT2D eigenvalue weighted by Gasteiger charge is 2.13. The van der Waals surface area contributed by atoms with Gasteiger partial charge in [0.25, 0.3) is 0 Å². The molecule has 1 atom stereocenters. The second kappa shape index (κ2) is 5.58. The van der Waals surface area contributed by atoms with Gasteiger partial charge in [0.05, 0.1) is 0 Å². The predicted molar refractivity (Wildman–Crippen MR) is 56.8 cm³/mol. The number of nitrogens with zero attached hydrogens (tertiary/aromatic N) is 2. The maximum atomic E-state index is 5.88.